The molecule has 1 atom stereocenters. The summed E-state index contributed by atoms with van der Waals surface area (Å²) < 4.78 is 36.2. The van der Waals surface area contributed by atoms with Gasteiger partial charge >= 0.3 is 0 Å². The zero-order chi connectivity index (χ0) is 34.8. The fraction of sp³-hybridized carbons (Fsp3) is 0.333. The largest absolute Gasteiger partial charge is 0.494 e. The normalized spacial score (nSPS) is 14.1. The van der Waals surface area contributed by atoms with E-state index in [1.54, 1.807) is 29.2 Å². The molecule has 5 rings (SSSR count). The van der Waals surface area contributed by atoms with Gasteiger partial charge < -0.3 is 15.0 Å². The van der Waals surface area contributed by atoms with E-state index in [4.69, 9.17) is 4.74 Å². The Morgan fingerprint density at radius 1 is 0.878 bits per heavy atom. The van der Waals surface area contributed by atoms with Crippen molar-refractivity contribution >= 4 is 43.5 Å². The average Bonchev–Trinajstić information content (AvgIpc) is 3.10. The second kappa shape index (κ2) is 17.0. The van der Waals surface area contributed by atoms with E-state index in [-0.39, 0.29) is 29.8 Å². The molecule has 1 saturated carbocycles. The van der Waals surface area contributed by atoms with Crippen molar-refractivity contribution in [3.05, 3.63) is 124 Å². The minimum absolute atomic E-state index is 0.0266. The van der Waals surface area contributed by atoms with Crippen LogP contribution < -0.4 is 14.4 Å². The molecule has 0 saturated heterocycles. The lowest BCUT2D eigenvalue weighted by Gasteiger charge is -2.35. The van der Waals surface area contributed by atoms with Crippen LogP contribution in [0, 0.1) is 6.92 Å². The number of hydrogen-bond acceptors (Lipinski definition) is 5. The standard InChI is InChI=1S/C39H44BrN3O5S/c1-3-48-35-21-23-36(24-22-35)49(46,47)43(34-19-17-29(2)18-20-34)28-38(44)42(27-31-13-10-14-32(40)25-31)37(26-30-11-6-4-7-12-30)39(45)41-33-15-8-5-9-16-33/h4,6-7,10-14,17-25,33,37H,3,5,8-9,15-16,26-28H2,1-2H3,(H,41,45). The molecule has 1 aliphatic carbocycles. The smallest absolute Gasteiger partial charge is 0.264 e. The van der Waals surface area contributed by atoms with E-state index >= 15 is 0 Å². The first kappa shape index (κ1) is 36.1. The number of amides is 2. The monoisotopic (exact) mass is 745 g/mol. The molecule has 0 bridgehead atoms. The highest BCUT2D eigenvalue weighted by Gasteiger charge is 2.35. The van der Waals surface area contributed by atoms with Crippen molar-refractivity contribution < 1.29 is 22.7 Å². The molecule has 1 fully saturated rings. The van der Waals surface area contributed by atoms with Gasteiger partial charge in [0, 0.05) is 23.5 Å². The van der Waals surface area contributed by atoms with Crippen LogP contribution in [0.5, 0.6) is 5.75 Å². The molecule has 0 aliphatic heterocycles. The molecule has 1 aliphatic rings. The van der Waals surface area contributed by atoms with Crippen molar-refractivity contribution in [1.82, 2.24) is 10.2 Å². The van der Waals surface area contributed by atoms with Crippen LogP contribution in [0.2, 0.25) is 0 Å². The maximum absolute atomic E-state index is 14.7. The van der Waals surface area contributed by atoms with E-state index in [9.17, 15) is 18.0 Å². The van der Waals surface area contributed by atoms with Gasteiger partial charge in [0.2, 0.25) is 11.8 Å². The Hall–Kier alpha value is -4.15. The number of rotatable bonds is 14. The topological polar surface area (TPSA) is 96.0 Å². The Morgan fingerprint density at radius 2 is 1.55 bits per heavy atom. The summed E-state index contributed by atoms with van der Waals surface area (Å²) in [6.45, 7) is 3.82. The third-order valence-electron chi connectivity index (χ3n) is 8.79. The summed E-state index contributed by atoms with van der Waals surface area (Å²) in [5, 5.41) is 3.25. The number of benzene rings is 4. The van der Waals surface area contributed by atoms with Crippen LogP contribution in [0.3, 0.4) is 0 Å². The van der Waals surface area contributed by atoms with Crippen molar-refractivity contribution in [1.29, 1.82) is 0 Å². The molecule has 10 heteroatoms. The first-order chi connectivity index (χ1) is 23.6. The highest BCUT2D eigenvalue weighted by molar-refractivity contribution is 9.10. The van der Waals surface area contributed by atoms with Crippen LogP contribution >= 0.6 is 15.9 Å². The third kappa shape index (κ3) is 9.73. The number of nitrogens with zero attached hydrogens (tertiary/aromatic N) is 2. The van der Waals surface area contributed by atoms with E-state index < -0.39 is 28.5 Å². The molecule has 0 spiro atoms. The summed E-state index contributed by atoms with van der Waals surface area (Å²) in [7, 11) is -4.21. The SMILES string of the molecule is CCOc1ccc(S(=O)(=O)N(CC(=O)N(Cc2cccc(Br)c2)C(Cc2ccccc2)C(=O)NC2CCCCC2)c2ccc(C)cc2)cc1. The molecule has 0 heterocycles. The Balaban J connectivity index is 1.55. The van der Waals surface area contributed by atoms with Crippen LogP contribution in [0.15, 0.2) is 112 Å². The van der Waals surface area contributed by atoms with Crippen LogP contribution in [-0.2, 0) is 32.6 Å². The van der Waals surface area contributed by atoms with E-state index in [1.165, 1.54) is 12.1 Å². The van der Waals surface area contributed by atoms with Crippen molar-refractivity contribution in [3.63, 3.8) is 0 Å². The van der Waals surface area contributed by atoms with E-state index in [1.807, 2.05) is 80.6 Å². The van der Waals surface area contributed by atoms with Gasteiger partial charge in [0.05, 0.1) is 17.2 Å². The van der Waals surface area contributed by atoms with E-state index in [2.05, 4.69) is 21.2 Å². The third-order valence-corrected chi connectivity index (χ3v) is 11.1. The lowest BCUT2D eigenvalue weighted by atomic mass is 9.94. The number of carbonyl (C=O) groups is 2. The molecular weight excluding hydrogens is 702 g/mol. The first-order valence-electron chi connectivity index (χ1n) is 16.8. The van der Waals surface area contributed by atoms with Gasteiger partial charge in [0.25, 0.3) is 10.0 Å². The van der Waals surface area contributed by atoms with Crippen molar-refractivity contribution in [2.75, 3.05) is 17.5 Å². The van der Waals surface area contributed by atoms with Crippen molar-refractivity contribution in [2.24, 2.45) is 0 Å². The van der Waals surface area contributed by atoms with Crippen LogP contribution in [0.25, 0.3) is 0 Å². The maximum atomic E-state index is 14.7. The maximum Gasteiger partial charge on any atom is 0.264 e. The molecule has 4 aromatic rings. The predicted octanol–water partition coefficient (Wildman–Crippen LogP) is 7.44. The number of ether oxygens (including phenoxy) is 1. The molecule has 2 amide bonds. The van der Waals surface area contributed by atoms with Crippen molar-refractivity contribution in [3.8, 4) is 5.75 Å². The first-order valence-corrected chi connectivity index (χ1v) is 19.1. The highest BCUT2D eigenvalue weighted by atomic mass is 79.9. The number of aryl methyl sites for hydroxylation is 1. The highest BCUT2D eigenvalue weighted by Crippen LogP contribution is 2.27. The summed E-state index contributed by atoms with van der Waals surface area (Å²) in [6, 6.07) is 29.6. The van der Waals surface area contributed by atoms with Crippen molar-refractivity contribution in [2.45, 2.75) is 75.9 Å². The molecule has 0 aromatic heterocycles. The molecule has 258 valence electrons. The fourth-order valence-corrected chi connectivity index (χ4v) is 8.03. The Labute approximate surface area is 298 Å². The minimum atomic E-state index is -4.21. The van der Waals surface area contributed by atoms with E-state index in [0.29, 0.717) is 18.0 Å². The second-order valence-corrected chi connectivity index (χ2v) is 15.2. The molecule has 4 aromatic carbocycles. The van der Waals surface area contributed by atoms with E-state index in [0.717, 1.165) is 57.6 Å². The van der Waals surface area contributed by atoms with Gasteiger partial charge in [-0.1, -0.05) is 95.4 Å². The number of hydrogen-bond donors (Lipinski definition) is 1. The van der Waals surface area contributed by atoms with Gasteiger partial charge in [-0.3, -0.25) is 13.9 Å². The molecule has 1 unspecified atom stereocenters. The number of nitrogens with one attached hydrogen (secondary N) is 1. The number of anilines is 1. The number of halogens is 1. The summed E-state index contributed by atoms with van der Waals surface area (Å²) in [5.74, 6) is -0.183. The Bertz CT molecular complexity index is 1790. The summed E-state index contributed by atoms with van der Waals surface area (Å²) >= 11 is 3.54. The number of sulfonamides is 1. The minimum Gasteiger partial charge on any atom is -0.494 e. The molecule has 49 heavy (non-hydrogen) atoms. The van der Waals surface area contributed by atoms with Gasteiger partial charge in [-0.2, -0.15) is 0 Å². The lowest BCUT2D eigenvalue weighted by molar-refractivity contribution is -0.140. The zero-order valence-electron chi connectivity index (χ0n) is 28.1. The van der Waals surface area contributed by atoms with Gasteiger partial charge in [0.1, 0.15) is 18.3 Å². The van der Waals surface area contributed by atoms with Gasteiger partial charge in [-0.05, 0) is 86.3 Å². The fourth-order valence-electron chi connectivity index (χ4n) is 6.17. The predicted molar refractivity (Wildman–Crippen MR) is 197 cm³/mol. The lowest BCUT2D eigenvalue weighted by Crippen LogP contribution is -2.55. The van der Waals surface area contributed by atoms with Crippen LogP contribution in [0.1, 0.15) is 55.7 Å². The Morgan fingerprint density at radius 3 is 2.20 bits per heavy atom. The van der Waals surface area contributed by atoms with Gasteiger partial charge in [-0.15, -0.1) is 0 Å². The van der Waals surface area contributed by atoms with Crippen LogP contribution in [0.4, 0.5) is 5.69 Å². The summed E-state index contributed by atoms with van der Waals surface area (Å²) in [5.41, 5.74) is 3.01. The van der Waals surface area contributed by atoms with Gasteiger partial charge in [-0.25, -0.2) is 8.42 Å². The zero-order valence-corrected chi connectivity index (χ0v) is 30.5. The quantitative estimate of drug-likeness (QED) is 0.145. The number of carbonyl (C=O) groups excluding carboxylic acids is 2. The molecule has 0 radical (unpaired) electrons. The molecule has 8 nitrogen and oxygen atoms in total. The van der Waals surface area contributed by atoms with Gasteiger partial charge in [0.15, 0.2) is 0 Å². The molecular formula is C39H44BrN3O5S. The average molecular weight is 747 g/mol. The summed E-state index contributed by atoms with van der Waals surface area (Å²) in [6.07, 6.45) is 5.30. The Kier molecular flexibility index (Phi) is 12.5. The second-order valence-electron chi connectivity index (χ2n) is 12.5. The van der Waals surface area contributed by atoms with Crippen LogP contribution in [-0.4, -0.2) is 50.4 Å². The molecule has 1 N–H and O–H groups in total. The summed E-state index contributed by atoms with van der Waals surface area (Å²) in [4.78, 5) is 30.6.